The highest BCUT2D eigenvalue weighted by atomic mass is 35.5. The van der Waals surface area contributed by atoms with Gasteiger partial charge in [-0.05, 0) is 48.5 Å². The van der Waals surface area contributed by atoms with Crippen LogP contribution >= 0.6 is 11.6 Å². The number of ketones is 1. The average Bonchev–Trinajstić information content (AvgIpc) is 2.59. The summed E-state index contributed by atoms with van der Waals surface area (Å²) >= 11 is 5.74. The van der Waals surface area contributed by atoms with Gasteiger partial charge >= 0.3 is 11.9 Å². The molecule has 0 aliphatic rings. The van der Waals surface area contributed by atoms with Gasteiger partial charge in [0, 0.05) is 10.6 Å². The summed E-state index contributed by atoms with van der Waals surface area (Å²) in [7, 11) is 1.27. The minimum Gasteiger partial charge on any atom is -0.465 e. The Kier molecular flexibility index (Phi) is 5.49. The summed E-state index contributed by atoms with van der Waals surface area (Å²) in [6.07, 6.45) is 0. The molecule has 0 heterocycles. The lowest BCUT2D eigenvalue weighted by Crippen LogP contribution is -2.14. The Morgan fingerprint density at radius 2 is 1.30 bits per heavy atom. The Hall–Kier alpha value is -2.66. The summed E-state index contributed by atoms with van der Waals surface area (Å²) in [5.74, 6) is -1.48. The second-order valence-electron chi connectivity index (χ2n) is 4.58. The standard InChI is InChI=1S/C17H13ClO5/c1-22-16(20)12-2-4-13(5-3-12)17(21)23-10-15(19)11-6-8-14(18)9-7-11/h2-9H,10H2,1H3. The number of carbonyl (C=O) groups is 3. The number of hydrogen-bond acceptors (Lipinski definition) is 5. The first-order valence-electron chi connectivity index (χ1n) is 6.65. The van der Waals surface area contributed by atoms with Crippen LogP contribution in [0, 0.1) is 0 Å². The zero-order chi connectivity index (χ0) is 16.8. The maximum absolute atomic E-state index is 11.9. The van der Waals surface area contributed by atoms with Crippen molar-refractivity contribution in [3.63, 3.8) is 0 Å². The second kappa shape index (κ2) is 7.56. The van der Waals surface area contributed by atoms with E-state index in [1.807, 2.05) is 0 Å². The number of methoxy groups -OCH3 is 1. The van der Waals surface area contributed by atoms with E-state index in [2.05, 4.69) is 4.74 Å². The normalized spacial score (nSPS) is 10.0. The highest BCUT2D eigenvalue weighted by Gasteiger charge is 2.13. The molecule has 0 atom stereocenters. The van der Waals surface area contributed by atoms with Crippen LogP contribution in [0.3, 0.4) is 0 Å². The first kappa shape index (κ1) is 16.7. The van der Waals surface area contributed by atoms with Crippen LogP contribution in [0.5, 0.6) is 0 Å². The molecular weight excluding hydrogens is 320 g/mol. The largest absolute Gasteiger partial charge is 0.465 e. The van der Waals surface area contributed by atoms with Gasteiger partial charge in [-0.2, -0.15) is 0 Å². The Bertz CT molecular complexity index is 720. The van der Waals surface area contributed by atoms with Crippen molar-refractivity contribution in [2.24, 2.45) is 0 Å². The molecular formula is C17H13ClO5. The molecule has 118 valence electrons. The van der Waals surface area contributed by atoms with Gasteiger partial charge in [-0.1, -0.05) is 11.6 Å². The van der Waals surface area contributed by atoms with Gasteiger partial charge in [0.1, 0.15) is 0 Å². The minimum absolute atomic E-state index is 0.238. The van der Waals surface area contributed by atoms with Gasteiger partial charge in [-0.15, -0.1) is 0 Å². The van der Waals surface area contributed by atoms with E-state index in [9.17, 15) is 14.4 Å². The molecule has 6 heteroatoms. The molecule has 0 saturated heterocycles. The summed E-state index contributed by atoms with van der Waals surface area (Å²) < 4.78 is 9.53. The lowest BCUT2D eigenvalue weighted by molar-refractivity contribution is 0.0474. The van der Waals surface area contributed by atoms with Crippen LogP contribution < -0.4 is 0 Å². The van der Waals surface area contributed by atoms with Crippen molar-refractivity contribution >= 4 is 29.3 Å². The number of Topliss-reactive ketones (excluding diaryl/α,β-unsaturated/α-hetero) is 1. The average molecular weight is 333 g/mol. The van der Waals surface area contributed by atoms with Gasteiger partial charge in [0.25, 0.3) is 0 Å². The molecule has 23 heavy (non-hydrogen) atoms. The summed E-state index contributed by atoms with van der Waals surface area (Å²) in [4.78, 5) is 35.1. The fourth-order valence-electron chi connectivity index (χ4n) is 1.79. The molecule has 2 aromatic carbocycles. The monoisotopic (exact) mass is 332 g/mol. The molecule has 0 aliphatic heterocycles. The summed E-state index contributed by atoms with van der Waals surface area (Å²) in [6.45, 7) is -0.376. The third-order valence-corrected chi connectivity index (χ3v) is 3.29. The van der Waals surface area contributed by atoms with Crippen LogP contribution in [0.25, 0.3) is 0 Å². The van der Waals surface area contributed by atoms with Crippen molar-refractivity contribution in [3.05, 3.63) is 70.2 Å². The SMILES string of the molecule is COC(=O)c1ccc(C(=O)OCC(=O)c2ccc(Cl)cc2)cc1. The van der Waals surface area contributed by atoms with Gasteiger partial charge in [0.2, 0.25) is 0 Å². The van der Waals surface area contributed by atoms with E-state index in [4.69, 9.17) is 16.3 Å². The number of halogens is 1. The first-order chi connectivity index (χ1) is 11.0. The second-order valence-corrected chi connectivity index (χ2v) is 5.01. The molecule has 0 N–H and O–H groups in total. The summed E-state index contributed by atoms with van der Waals surface area (Å²) in [5.41, 5.74) is 0.964. The molecule has 2 aromatic rings. The van der Waals surface area contributed by atoms with Crippen molar-refractivity contribution in [2.75, 3.05) is 13.7 Å². The molecule has 0 spiro atoms. The van der Waals surface area contributed by atoms with E-state index in [1.165, 1.54) is 31.4 Å². The van der Waals surface area contributed by atoms with E-state index in [0.29, 0.717) is 16.1 Å². The number of esters is 2. The number of rotatable bonds is 5. The van der Waals surface area contributed by atoms with Crippen LogP contribution in [0.2, 0.25) is 5.02 Å². The fourth-order valence-corrected chi connectivity index (χ4v) is 1.92. The molecule has 0 radical (unpaired) electrons. The van der Waals surface area contributed by atoms with Crippen molar-refractivity contribution in [1.82, 2.24) is 0 Å². The number of benzene rings is 2. The Labute approximate surface area is 137 Å². The molecule has 0 bridgehead atoms. The van der Waals surface area contributed by atoms with Crippen molar-refractivity contribution in [3.8, 4) is 0 Å². The van der Waals surface area contributed by atoms with E-state index in [-0.39, 0.29) is 18.0 Å². The zero-order valence-corrected chi connectivity index (χ0v) is 13.0. The van der Waals surface area contributed by atoms with E-state index in [0.717, 1.165) is 0 Å². The molecule has 2 rings (SSSR count). The minimum atomic E-state index is -0.649. The maximum atomic E-state index is 11.9. The predicted octanol–water partition coefficient (Wildman–Crippen LogP) is 3.17. The van der Waals surface area contributed by atoms with Crippen LogP contribution in [-0.2, 0) is 9.47 Å². The van der Waals surface area contributed by atoms with E-state index in [1.54, 1.807) is 24.3 Å². The van der Waals surface area contributed by atoms with Crippen molar-refractivity contribution in [1.29, 1.82) is 0 Å². The van der Waals surface area contributed by atoms with Crippen LogP contribution in [0.15, 0.2) is 48.5 Å². The third-order valence-electron chi connectivity index (χ3n) is 3.04. The predicted molar refractivity (Wildman–Crippen MR) is 83.8 cm³/mol. The van der Waals surface area contributed by atoms with Gasteiger partial charge < -0.3 is 9.47 Å². The number of carbonyl (C=O) groups excluding carboxylic acids is 3. The molecule has 0 fully saturated rings. The van der Waals surface area contributed by atoms with E-state index >= 15 is 0 Å². The van der Waals surface area contributed by atoms with Crippen LogP contribution in [0.1, 0.15) is 31.1 Å². The molecule has 0 amide bonds. The molecule has 5 nitrogen and oxygen atoms in total. The lowest BCUT2D eigenvalue weighted by atomic mass is 10.1. The van der Waals surface area contributed by atoms with Gasteiger partial charge in [0.15, 0.2) is 12.4 Å². The quantitative estimate of drug-likeness (QED) is 0.621. The first-order valence-corrected chi connectivity index (χ1v) is 7.03. The smallest absolute Gasteiger partial charge is 0.338 e. The zero-order valence-electron chi connectivity index (χ0n) is 12.2. The topological polar surface area (TPSA) is 69.7 Å². The Balaban J connectivity index is 1.95. The van der Waals surface area contributed by atoms with Gasteiger partial charge in [-0.25, -0.2) is 9.59 Å². The molecule has 0 unspecified atom stereocenters. The highest BCUT2D eigenvalue weighted by molar-refractivity contribution is 6.30. The Morgan fingerprint density at radius 1 is 0.826 bits per heavy atom. The van der Waals surface area contributed by atoms with Gasteiger partial charge in [-0.3, -0.25) is 4.79 Å². The Morgan fingerprint density at radius 3 is 1.83 bits per heavy atom. The fraction of sp³-hybridized carbons (Fsp3) is 0.118. The maximum Gasteiger partial charge on any atom is 0.338 e. The van der Waals surface area contributed by atoms with Crippen molar-refractivity contribution in [2.45, 2.75) is 0 Å². The molecule has 0 aliphatic carbocycles. The molecule has 0 aromatic heterocycles. The summed E-state index contributed by atoms with van der Waals surface area (Å²) in [6, 6.07) is 12.0. The van der Waals surface area contributed by atoms with Gasteiger partial charge in [0.05, 0.1) is 18.2 Å². The van der Waals surface area contributed by atoms with E-state index < -0.39 is 11.9 Å². The number of hydrogen-bond donors (Lipinski definition) is 0. The lowest BCUT2D eigenvalue weighted by Gasteiger charge is -2.05. The summed E-state index contributed by atoms with van der Waals surface area (Å²) in [5, 5.41) is 0.518. The third kappa shape index (κ3) is 4.40. The highest BCUT2D eigenvalue weighted by Crippen LogP contribution is 2.11. The van der Waals surface area contributed by atoms with Crippen molar-refractivity contribution < 1.29 is 23.9 Å². The van der Waals surface area contributed by atoms with Crippen LogP contribution in [-0.4, -0.2) is 31.4 Å². The number of ether oxygens (including phenoxy) is 2. The molecule has 0 saturated carbocycles. The van der Waals surface area contributed by atoms with Crippen LogP contribution in [0.4, 0.5) is 0 Å².